The molecular formula is C24H15N7O3S. The van der Waals surface area contributed by atoms with E-state index in [1.54, 1.807) is 35.0 Å². The Labute approximate surface area is 201 Å². The molecule has 10 nitrogen and oxygen atoms in total. The van der Waals surface area contributed by atoms with Crippen molar-refractivity contribution >= 4 is 39.5 Å². The number of nitro benzene ring substituents is 1. The maximum absolute atomic E-state index is 12.9. The topological polar surface area (TPSA) is 120 Å². The number of nitrogens with one attached hydrogen (secondary N) is 1. The summed E-state index contributed by atoms with van der Waals surface area (Å²) in [7, 11) is 0. The predicted octanol–water partition coefficient (Wildman–Crippen LogP) is 4.93. The van der Waals surface area contributed by atoms with Crippen LogP contribution in [0.4, 0.5) is 11.6 Å². The summed E-state index contributed by atoms with van der Waals surface area (Å²) < 4.78 is 3.46. The molecule has 6 aromatic rings. The zero-order valence-corrected chi connectivity index (χ0v) is 18.7. The fourth-order valence-electron chi connectivity index (χ4n) is 3.73. The number of nitrogens with zero attached hydrogens (tertiary/aromatic N) is 6. The molecule has 0 aliphatic heterocycles. The zero-order chi connectivity index (χ0) is 23.9. The number of non-ortho nitro benzene ring substituents is 1. The van der Waals surface area contributed by atoms with Crippen LogP contribution in [-0.2, 0) is 0 Å². The molecule has 4 heterocycles. The standard InChI is InChI=1S/C24H15N7O3S/c32-22(17-10-11-29-13-19(25-21(29)12-17)15-4-2-1-3-5-15)26-23-27-24-30(28-23)20(14-35-24)16-6-8-18(9-7-16)31(33)34/h1-14H,(H,26,28,32). The van der Waals surface area contributed by atoms with Crippen molar-refractivity contribution in [3.05, 3.63) is 100 Å². The summed E-state index contributed by atoms with van der Waals surface area (Å²) in [5, 5.41) is 19.9. The van der Waals surface area contributed by atoms with E-state index in [4.69, 9.17) is 0 Å². The summed E-state index contributed by atoms with van der Waals surface area (Å²) in [5.74, 6) is -0.190. The molecule has 35 heavy (non-hydrogen) atoms. The molecule has 0 spiro atoms. The molecule has 1 amide bonds. The SMILES string of the molecule is O=C(Nc1nc2scc(-c3ccc([N+](=O)[O-])cc3)n2n1)c1ccn2cc(-c3ccccc3)nc2c1. The van der Waals surface area contributed by atoms with Gasteiger partial charge in [-0.2, -0.15) is 4.98 Å². The van der Waals surface area contributed by atoms with E-state index in [9.17, 15) is 14.9 Å². The lowest BCUT2D eigenvalue weighted by molar-refractivity contribution is -0.384. The van der Waals surface area contributed by atoms with Gasteiger partial charge in [0.1, 0.15) is 5.65 Å². The van der Waals surface area contributed by atoms with Crippen LogP contribution in [0.5, 0.6) is 0 Å². The molecule has 0 bridgehead atoms. The number of benzene rings is 2. The summed E-state index contributed by atoms with van der Waals surface area (Å²) in [6, 6.07) is 19.4. The minimum atomic E-state index is -0.445. The highest BCUT2D eigenvalue weighted by Gasteiger charge is 2.16. The molecule has 170 valence electrons. The molecule has 0 fully saturated rings. The van der Waals surface area contributed by atoms with Crippen molar-refractivity contribution in [1.82, 2.24) is 24.0 Å². The predicted molar refractivity (Wildman–Crippen MR) is 132 cm³/mol. The molecular weight excluding hydrogens is 466 g/mol. The molecule has 6 rings (SSSR count). The Morgan fingerprint density at radius 3 is 2.57 bits per heavy atom. The van der Waals surface area contributed by atoms with Crippen LogP contribution in [0.2, 0.25) is 0 Å². The number of hydrogen-bond donors (Lipinski definition) is 1. The van der Waals surface area contributed by atoms with E-state index in [2.05, 4.69) is 20.4 Å². The zero-order valence-electron chi connectivity index (χ0n) is 17.9. The number of rotatable bonds is 5. The average molecular weight is 481 g/mol. The Kier molecular flexibility index (Phi) is 4.82. The molecule has 4 aromatic heterocycles. The second-order valence-electron chi connectivity index (χ2n) is 7.68. The molecule has 0 aliphatic rings. The summed E-state index contributed by atoms with van der Waals surface area (Å²) in [4.78, 5) is 33.0. The highest BCUT2D eigenvalue weighted by atomic mass is 32.1. The van der Waals surface area contributed by atoms with Gasteiger partial charge in [0.15, 0.2) is 0 Å². The van der Waals surface area contributed by atoms with Gasteiger partial charge in [-0.05, 0) is 24.3 Å². The van der Waals surface area contributed by atoms with Crippen LogP contribution in [0, 0.1) is 10.1 Å². The number of pyridine rings is 1. The number of nitro groups is 1. The quantitative estimate of drug-likeness (QED) is 0.275. The molecule has 0 atom stereocenters. The van der Waals surface area contributed by atoms with Crippen molar-refractivity contribution in [3.63, 3.8) is 0 Å². The van der Waals surface area contributed by atoms with Crippen molar-refractivity contribution in [3.8, 4) is 22.5 Å². The van der Waals surface area contributed by atoms with E-state index < -0.39 is 4.92 Å². The Hall–Kier alpha value is -4.90. The third-order valence-corrected chi connectivity index (χ3v) is 6.29. The number of anilines is 1. The van der Waals surface area contributed by atoms with Gasteiger partial charge in [-0.3, -0.25) is 20.2 Å². The van der Waals surface area contributed by atoms with E-state index in [0.29, 0.717) is 16.2 Å². The summed E-state index contributed by atoms with van der Waals surface area (Å²) in [5.41, 5.74) is 4.37. The normalized spacial score (nSPS) is 11.2. The molecule has 11 heteroatoms. The van der Waals surface area contributed by atoms with E-state index in [1.165, 1.54) is 23.5 Å². The number of thiazole rings is 1. The number of imidazole rings is 1. The van der Waals surface area contributed by atoms with Crippen LogP contribution in [-0.4, -0.2) is 34.8 Å². The van der Waals surface area contributed by atoms with Gasteiger partial charge in [-0.1, -0.05) is 30.3 Å². The second kappa shape index (κ2) is 8.15. The fourth-order valence-corrected chi connectivity index (χ4v) is 4.56. The number of aromatic nitrogens is 5. The van der Waals surface area contributed by atoms with E-state index in [-0.39, 0.29) is 17.5 Å². The molecule has 0 aliphatic carbocycles. The maximum Gasteiger partial charge on any atom is 0.269 e. The lowest BCUT2D eigenvalue weighted by Crippen LogP contribution is -2.13. The van der Waals surface area contributed by atoms with Gasteiger partial charge in [0.25, 0.3) is 17.5 Å². The molecule has 0 saturated heterocycles. The summed E-state index contributed by atoms with van der Waals surface area (Å²) in [6.45, 7) is 0. The van der Waals surface area contributed by atoms with Gasteiger partial charge in [0.05, 0.1) is 16.3 Å². The highest BCUT2D eigenvalue weighted by molar-refractivity contribution is 7.15. The molecule has 0 unspecified atom stereocenters. The summed E-state index contributed by atoms with van der Waals surface area (Å²) in [6.07, 6.45) is 3.70. The van der Waals surface area contributed by atoms with Gasteiger partial charge in [0.2, 0.25) is 4.96 Å². The van der Waals surface area contributed by atoms with Gasteiger partial charge in [-0.25, -0.2) is 9.50 Å². The number of carbonyl (C=O) groups excluding carboxylic acids is 1. The second-order valence-corrected chi connectivity index (χ2v) is 8.52. The van der Waals surface area contributed by atoms with Crippen LogP contribution < -0.4 is 5.32 Å². The molecule has 0 radical (unpaired) electrons. The Balaban J connectivity index is 1.25. The van der Waals surface area contributed by atoms with Crippen LogP contribution in [0.15, 0.2) is 84.5 Å². The number of fused-ring (bicyclic) bond motifs is 2. The monoisotopic (exact) mass is 481 g/mol. The average Bonchev–Trinajstić information content (AvgIpc) is 3.58. The van der Waals surface area contributed by atoms with Crippen LogP contribution in [0.25, 0.3) is 33.1 Å². The van der Waals surface area contributed by atoms with Crippen molar-refractivity contribution in [1.29, 1.82) is 0 Å². The van der Waals surface area contributed by atoms with Crippen LogP contribution >= 0.6 is 11.3 Å². The van der Waals surface area contributed by atoms with E-state index in [0.717, 1.165) is 22.5 Å². The van der Waals surface area contributed by atoms with Crippen molar-refractivity contribution < 1.29 is 9.72 Å². The number of hydrogen-bond acceptors (Lipinski definition) is 7. The summed E-state index contributed by atoms with van der Waals surface area (Å²) >= 11 is 1.36. The first-order chi connectivity index (χ1) is 17.0. The molecule has 0 saturated carbocycles. The first kappa shape index (κ1) is 20.7. The number of amides is 1. The fraction of sp³-hybridized carbons (Fsp3) is 0. The smallest absolute Gasteiger partial charge is 0.269 e. The van der Waals surface area contributed by atoms with Crippen molar-refractivity contribution in [2.24, 2.45) is 0 Å². The molecule has 2 aromatic carbocycles. The minimum Gasteiger partial charge on any atom is -0.306 e. The third kappa shape index (κ3) is 3.79. The highest BCUT2D eigenvalue weighted by Crippen LogP contribution is 2.27. The van der Waals surface area contributed by atoms with Gasteiger partial charge >= 0.3 is 0 Å². The van der Waals surface area contributed by atoms with Crippen LogP contribution in [0.1, 0.15) is 10.4 Å². The van der Waals surface area contributed by atoms with Gasteiger partial charge < -0.3 is 4.40 Å². The Morgan fingerprint density at radius 2 is 1.80 bits per heavy atom. The lowest BCUT2D eigenvalue weighted by atomic mass is 10.1. The Morgan fingerprint density at radius 1 is 1.00 bits per heavy atom. The minimum absolute atomic E-state index is 0.0112. The number of carbonyl (C=O) groups is 1. The van der Waals surface area contributed by atoms with Crippen molar-refractivity contribution in [2.75, 3.05) is 5.32 Å². The van der Waals surface area contributed by atoms with E-state index in [1.807, 2.05) is 46.3 Å². The third-order valence-electron chi connectivity index (χ3n) is 5.47. The van der Waals surface area contributed by atoms with E-state index >= 15 is 0 Å². The van der Waals surface area contributed by atoms with Gasteiger partial charge in [-0.15, -0.1) is 16.4 Å². The van der Waals surface area contributed by atoms with Crippen LogP contribution in [0.3, 0.4) is 0 Å². The largest absolute Gasteiger partial charge is 0.306 e. The maximum atomic E-state index is 12.9. The Bertz CT molecular complexity index is 1720. The van der Waals surface area contributed by atoms with Crippen molar-refractivity contribution in [2.45, 2.75) is 0 Å². The first-order valence-electron chi connectivity index (χ1n) is 10.5. The van der Waals surface area contributed by atoms with Gasteiger partial charge in [0, 0.05) is 46.6 Å². The molecule has 1 N–H and O–H groups in total. The first-order valence-corrected chi connectivity index (χ1v) is 11.4. The lowest BCUT2D eigenvalue weighted by Gasteiger charge is -2.02.